The number of rotatable bonds is 15. The first kappa shape index (κ1) is 40.3. The fraction of sp³-hybridized carbons (Fsp3) is 0.647. The molecule has 2 rings (SSSR count). The van der Waals surface area contributed by atoms with E-state index < -0.39 is 84.2 Å². The molecule has 0 spiro atoms. The minimum Gasteiger partial charge on any atom is -0.443 e. The van der Waals surface area contributed by atoms with Gasteiger partial charge in [0.1, 0.15) is 30.0 Å². The maximum atomic E-state index is 13.9. The fourth-order valence-corrected chi connectivity index (χ4v) is 5.62. The molecule has 1 aliphatic carbocycles. The van der Waals surface area contributed by atoms with E-state index in [0.29, 0.717) is 30.4 Å². The zero-order valence-electron chi connectivity index (χ0n) is 29.0. The summed E-state index contributed by atoms with van der Waals surface area (Å²) in [5, 5.41) is 28.9. The molecule has 48 heavy (non-hydrogen) atoms. The van der Waals surface area contributed by atoms with Crippen LogP contribution in [0.4, 0.5) is 4.79 Å². The standard InChI is InChI=1S/C34H53N5O9/c1-19(2)27(18-41)38-30(44)24-15-11-14-23(24)28(42)26(16-22-12-9-8-10-13-22)37-29(43)21(4)39(33(47)48-34(5,6)7)32(46)20(3)36-31(45)25(35)17-40/h8-10,12-13,18-21,23-28,40,42H,11,14-17,35H2,1-7H3,(H,36,45)(H,37,43)(H,38,44)/t20-,21-,23?,24?,25-,26?,27+,28?/m0/s1. The van der Waals surface area contributed by atoms with Gasteiger partial charge in [0.2, 0.25) is 17.7 Å². The Bertz CT molecular complexity index is 1270. The number of nitrogens with one attached hydrogen (secondary N) is 3. The van der Waals surface area contributed by atoms with Gasteiger partial charge >= 0.3 is 6.09 Å². The summed E-state index contributed by atoms with van der Waals surface area (Å²) in [4.78, 5) is 78.5. The van der Waals surface area contributed by atoms with Crippen molar-refractivity contribution in [2.45, 2.75) is 116 Å². The third-order valence-corrected chi connectivity index (χ3v) is 8.41. The van der Waals surface area contributed by atoms with E-state index in [2.05, 4.69) is 16.0 Å². The van der Waals surface area contributed by atoms with Gasteiger partial charge < -0.3 is 41.4 Å². The lowest BCUT2D eigenvalue weighted by atomic mass is 9.84. The average Bonchev–Trinajstić information content (AvgIpc) is 3.52. The monoisotopic (exact) mass is 675 g/mol. The number of imide groups is 1. The van der Waals surface area contributed by atoms with E-state index in [1.807, 2.05) is 44.2 Å². The van der Waals surface area contributed by atoms with Crippen LogP contribution in [0.5, 0.6) is 0 Å². The maximum Gasteiger partial charge on any atom is 0.417 e. The second-order valence-electron chi connectivity index (χ2n) is 13.8. The van der Waals surface area contributed by atoms with Crippen LogP contribution in [0.25, 0.3) is 0 Å². The molecule has 5 amide bonds. The molecule has 0 heterocycles. The van der Waals surface area contributed by atoms with E-state index in [1.165, 1.54) is 13.8 Å². The van der Waals surface area contributed by atoms with Crippen LogP contribution in [-0.2, 0) is 35.1 Å². The summed E-state index contributed by atoms with van der Waals surface area (Å²) in [6, 6.07) is 3.35. The molecule has 0 aromatic heterocycles. The lowest BCUT2D eigenvalue weighted by molar-refractivity contribution is -0.142. The van der Waals surface area contributed by atoms with Gasteiger partial charge in [0, 0.05) is 5.92 Å². The molecule has 14 heteroatoms. The Balaban J connectivity index is 2.40. The number of nitrogens with two attached hydrogens (primary N) is 1. The summed E-state index contributed by atoms with van der Waals surface area (Å²) in [5.74, 6) is -4.23. The molecule has 7 N–H and O–H groups in total. The van der Waals surface area contributed by atoms with Gasteiger partial charge in [-0.25, -0.2) is 9.69 Å². The fourth-order valence-electron chi connectivity index (χ4n) is 5.62. The van der Waals surface area contributed by atoms with Crippen molar-refractivity contribution in [2.24, 2.45) is 23.5 Å². The van der Waals surface area contributed by atoms with E-state index >= 15 is 0 Å². The summed E-state index contributed by atoms with van der Waals surface area (Å²) in [5.41, 5.74) is 5.30. The molecule has 268 valence electrons. The summed E-state index contributed by atoms with van der Waals surface area (Å²) < 4.78 is 5.43. The number of aldehydes is 1. The van der Waals surface area contributed by atoms with Gasteiger partial charge in [-0.05, 0) is 71.3 Å². The molecule has 0 saturated heterocycles. The lowest BCUT2D eigenvalue weighted by Crippen LogP contribution is -2.60. The van der Waals surface area contributed by atoms with Crippen molar-refractivity contribution in [1.29, 1.82) is 0 Å². The highest BCUT2D eigenvalue weighted by Crippen LogP contribution is 2.36. The number of aliphatic hydroxyl groups is 2. The third-order valence-electron chi connectivity index (χ3n) is 8.41. The Kier molecular flexibility index (Phi) is 15.1. The molecule has 1 saturated carbocycles. The first-order valence-corrected chi connectivity index (χ1v) is 16.4. The molecule has 14 nitrogen and oxygen atoms in total. The van der Waals surface area contributed by atoms with E-state index in [1.54, 1.807) is 20.8 Å². The summed E-state index contributed by atoms with van der Waals surface area (Å²) in [6.45, 7) is 10.3. The molecule has 0 bridgehead atoms. The van der Waals surface area contributed by atoms with Gasteiger partial charge in [-0.1, -0.05) is 50.6 Å². The van der Waals surface area contributed by atoms with Gasteiger partial charge in [0.15, 0.2) is 0 Å². The number of nitrogens with zero attached hydrogens (tertiary/aromatic N) is 1. The van der Waals surface area contributed by atoms with Crippen LogP contribution >= 0.6 is 0 Å². The van der Waals surface area contributed by atoms with Crippen LogP contribution in [-0.4, -0.2) is 99.6 Å². The van der Waals surface area contributed by atoms with Crippen LogP contribution in [0, 0.1) is 17.8 Å². The van der Waals surface area contributed by atoms with Gasteiger partial charge in [-0.2, -0.15) is 0 Å². The molecule has 4 unspecified atom stereocenters. The quantitative estimate of drug-likeness (QED) is 0.144. The minimum atomic E-state index is -1.47. The molecular formula is C34H53N5O9. The topological polar surface area (TPSA) is 217 Å². The van der Waals surface area contributed by atoms with Crippen LogP contribution in [0.15, 0.2) is 30.3 Å². The largest absolute Gasteiger partial charge is 0.443 e. The van der Waals surface area contributed by atoms with Crippen molar-refractivity contribution in [1.82, 2.24) is 20.9 Å². The van der Waals surface area contributed by atoms with Crippen molar-refractivity contribution in [3.8, 4) is 0 Å². The highest BCUT2D eigenvalue weighted by molar-refractivity contribution is 6.01. The Morgan fingerprint density at radius 3 is 2.17 bits per heavy atom. The highest BCUT2D eigenvalue weighted by Gasteiger charge is 2.43. The number of carbonyl (C=O) groups is 6. The number of hydrogen-bond acceptors (Lipinski definition) is 10. The summed E-state index contributed by atoms with van der Waals surface area (Å²) in [7, 11) is 0. The smallest absolute Gasteiger partial charge is 0.417 e. The number of benzene rings is 1. The Labute approximate surface area is 282 Å². The van der Waals surface area contributed by atoms with E-state index in [-0.39, 0.29) is 18.2 Å². The van der Waals surface area contributed by atoms with Crippen LogP contribution in [0.3, 0.4) is 0 Å². The molecule has 0 radical (unpaired) electrons. The second kappa shape index (κ2) is 18.0. The van der Waals surface area contributed by atoms with E-state index in [9.17, 15) is 39.0 Å². The van der Waals surface area contributed by atoms with Crippen LogP contribution in [0.2, 0.25) is 0 Å². The predicted octanol–water partition coefficient (Wildman–Crippen LogP) is 0.807. The summed E-state index contributed by atoms with van der Waals surface area (Å²) >= 11 is 0. The normalized spacial score (nSPS) is 20.0. The molecule has 1 aliphatic rings. The molecule has 1 fully saturated rings. The van der Waals surface area contributed by atoms with Gasteiger partial charge in [0.25, 0.3) is 5.91 Å². The summed E-state index contributed by atoms with van der Waals surface area (Å²) in [6.07, 6.45) is 0.152. The number of carbonyl (C=O) groups excluding carboxylic acids is 6. The third kappa shape index (κ3) is 11.4. The zero-order valence-corrected chi connectivity index (χ0v) is 29.0. The number of amides is 5. The Morgan fingerprint density at radius 1 is 1.00 bits per heavy atom. The number of ether oxygens (including phenoxy) is 1. The predicted molar refractivity (Wildman–Crippen MR) is 177 cm³/mol. The van der Waals surface area contributed by atoms with Crippen LogP contribution in [0.1, 0.15) is 73.3 Å². The first-order chi connectivity index (χ1) is 22.4. The van der Waals surface area contributed by atoms with Crippen molar-refractivity contribution in [2.75, 3.05) is 6.61 Å². The molecule has 0 aliphatic heterocycles. The Hall–Kier alpha value is -3.88. The Morgan fingerprint density at radius 2 is 1.62 bits per heavy atom. The van der Waals surface area contributed by atoms with Gasteiger partial charge in [-0.3, -0.25) is 19.2 Å². The second-order valence-corrected chi connectivity index (χ2v) is 13.8. The van der Waals surface area contributed by atoms with Crippen LogP contribution < -0.4 is 21.7 Å². The van der Waals surface area contributed by atoms with Crippen molar-refractivity contribution >= 4 is 36.0 Å². The highest BCUT2D eigenvalue weighted by atomic mass is 16.6. The van der Waals surface area contributed by atoms with Crippen molar-refractivity contribution in [3.63, 3.8) is 0 Å². The van der Waals surface area contributed by atoms with E-state index in [0.717, 1.165) is 5.56 Å². The SMILES string of the molecule is CC(C)[C@@H](C=O)NC(=O)C1CCCC1C(O)C(Cc1ccccc1)NC(=O)[C@H](C)N(C(=O)OC(C)(C)C)C(=O)[C@H](C)NC(=O)[C@@H](N)CO. The van der Waals surface area contributed by atoms with E-state index in [4.69, 9.17) is 10.5 Å². The first-order valence-electron chi connectivity index (χ1n) is 16.4. The number of aliphatic hydroxyl groups excluding tert-OH is 2. The number of hydrogen-bond donors (Lipinski definition) is 6. The molecule has 1 aromatic carbocycles. The average molecular weight is 676 g/mol. The van der Waals surface area contributed by atoms with Crippen molar-refractivity contribution in [3.05, 3.63) is 35.9 Å². The maximum absolute atomic E-state index is 13.9. The molecular weight excluding hydrogens is 622 g/mol. The molecule has 1 aromatic rings. The van der Waals surface area contributed by atoms with Gasteiger partial charge in [0.05, 0.1) is 24.8 Å². The van der Waals surface area contributed by atoms with Gasteiger partial charge in [-0.15, -0.1) is 0 Å². The molecule has 8 atom stereocenters. The minimum absolute atomic E-state index is 0.124. The zero-order chi connectivity index (χ0) is 36.3. The lowest BCUT2D eigenvalue weighted by Gasteiger charge is -2.35. The van der Waals surface area contributed by atoms with Crippen molar-refractivity contribution < 1.29 is 43.7 Å².